The molecule has 0 spiro atoms. The van der Waals surface area contributed by atoms with Crippen LogP contribution in [0.2, 0.25) is 0 Å². The first-order valence-electron chi connectivity index (χ1n) is 6.65. The lowest BCUT2D eigenvalue weighted by Gasteiger charge is -2.16. The Balaban J connectivity index is 1.93. The van der Waals surface area contributed by atoms with Gasteiger partial charge in [-0.15, -0.1) is 0 Å². The van der Waals surface area contributed by atoms with Crippen LogP contribution in [0.3, 0.4) is 0 Å². The van der Waals surface area contributed by atoms with Crippen molar-refractivity contribution in [1.29, 1.82) is 0 Å². The molecule has 2 unspecified atom stereocenters. The van der Waals surface area contributed by atoms with Crippen LogP contribution in [0.4, 0.5) is 0 Å². The Morgan fingerprint density at radius 2 is 2.17 bits per heavy atom. The minimum Gasteiger partial charge on any atom is -0.490 e. The molecule has 1 fully saturated rings. The molecule has 2 atom stereocenters. The van der Waals surface area contributed by atoms with E-state index in [2.05, 4.69) is 13.0 Å². The smallest absolute Gasteiger partial charge is 0.303 e. The number of ether oxygens (including phenoxy) is 1. The highest BCUT2D eigenvalue weighted by molar-refractivity contribution is 5.67. The van der Waals surface area contributed by atoms with Crippen molar-refractivity contribution in [2.75, 3.05) is 0 Å². The maximum Gasteiger partial charge on any atom is 0.303 e. The molecular formula is C15H20O3. The molecule has 1 N–H and O–H groups in total. The average Bonchev–Trinajstić information content (AvgIpc) is 2.76. The molecule has 1 aromatic rings. The number of carboxylic acids is 1. The Labute approximate surface area is 108 Å². The Hall–Kier alpha value is -1.51. The second-order valence-corrected chi connectivity index (χ2v) is 4.98. The third-order valence-corrected chi connectivity index (χ3v) is 3.60. The zero-order valence-electron chi connectivity index (χ0n) is 10.8. The minimum atomic E-state index is -0.699. The molecule has 0 saturated heterocycles. The highest BCUT2D eigenvalue weighted by Gasteiger charge is 2.27. The van der Waals surface area contributed by atoms with Gasteiger partial charge in [0.15, 0.2) is 0 Å². The van der Waals surface area contributed by atoms with Crippen LogP contribution in [-0.2, 0) is 11.2 Å². The summed E-state index contributed by atoms with van der Waals surface area (Å²) in [6.45, 7) is 2.12. The molecule has 1 aliphatic carbocycles. The van der Waals surface area contributed by atoms with Crippen LogP contribution in [0.25, 0.3) is 0 Å². The summed E-state index contributed by atoms with van der Waals surface area (Å²) in [6, 6.07) is 8.09. The first-order chi connectivity index (χ1) is 8.69. The monoisotopic (exact) mass is 248 g/mol. The molecule has 3 heteroatoms. The van der Waals surface area contributed by atoms with E-state index in [1.165, 1.54) is 5.56 Å². The molecule has 1 aliphatic rings. The number of aryl methyl sites for hydroxylation is 1. The number of aliphatic carboxylic acids is 1. The Morgan fingerprint density at radius 3 is 2.89 bits per heavy atom. The van der Waals surface area contributed by atoms with Crippen LogP contribution in [0, 0.1) is 5.92 Å². The SMILES string of the molecule is CCc1ccccc1OC1CCC(CC(=O)O)C1. The maximum atomic E-state index is 10.7. The van der Waals surface area contributed by atoms with Crippen molar-refractivity contribution in [3.05, 3.63) is 29.8 Å². The van der Waals surface area contributed by atoms with Crippen LogP contribution >= 0.6 is 0 Å². The summed E-state index contributed by atoms with van der Waals surface area (Å²) in [5.41, 5.74) is 1.22. The van der Waals surface area contributed by atoms with Crippen LogP contribution in [0.5, 0.6) is 5.75 Å². The molecule has 1 aromatic carbocycles. The van der Waals surface area contributed by atoms with Gasteiger partial charge >= 0.3 is 5.97 Å². The number of carbonyl (C=O) groups is 1. The standard InChI is InChI=1S/C15H20O3/c1-2-12-5-3-4-6-14(12)18-13-8-7-11(9-13)10-15(16)17/h3-6,11,13H,2,7-10H2,1H3,(H,16,17). The van der Waals surface area contributed by atoms with E-state index in [0.717, 1.165) is 31.4 Å². The predicted molar refractivity (Wildman–Crippen MR) is 69.8 cm³/mol. The van der Waals surface area contributed by atoms with Gasteiger partial charge < -0.3 is 9.84 Å². The minimum absolute atomic E-state index is 0.182. The van der Waals surface area contributed by atoms with E-state index in [4.69, 9.17) is 9.84 Å². The molecule has 1 saturated carbocycles. The molecule has 3 nitrogen and oxygen atoms in total. The summed E-state index contributed by atoms with van der Waals surface area (Å²) in [4.78, 5) is 10.7. The van der Waals surface area contributed by atoms with Crippen LogP contribution in [0.1, 0.15) is 38.2 Å². The molecule has 98 valence electrons. The Morgan fingerprint density at radius 1 is 1.39 bits per heavy atom. The van der Waals surface area contributed by atoms with Gasteiger partial charge in [-0.25, -0.2) is 0 Å². The Kier molecular flexibility index (Phi) is 4.24. The van der Waals surface area contributed by atoms with Crippen molar-refractivity contribution in [1.82, 2.24) is 0 Å². The first kappa shape index (κ1) is 12.9. The number of rotatable bonds is 5. The molecular weight excluding hydrogens is 228 g/mol. The molecule has 0 heterocycles. The predicted octanol–water partition coefficient (Wildman–Crippen LogP) is 3.27. The largest absolute Gasteiger partial charge is 0.490 e. The fourth-order valence-corrected chi connectivity index (χ4v) is 2.66. The van der Waals surface area contributed by atoms with Gasteiger partial charge in [0.2, 0.25) is 0 Å². The van der Waals surface area contributed by atoms with Crippen LogP contribution in [-0.4, -0.2) is 17.2 Å². The summed E-state index contributed by atoms with van der Waals surface area (Å²) >= 11 is 0. The molecule has 0 bridgehead atoms. The normalized spacial score (nSPS) is 22.9. The molecule has 2 rings (SSSR count). The van der Waals surface area contributed by atoms with E-state index < -0.39 is 5.97 Å². The van der Waals surface area contributed by atoms with E-state index >= 15 is 0 Å². The number of para-hydroxylation sites is 1. The second-order valence-electron chi connectivity index (χ2n) is 4.98. The lowest BCUT2D eigenvalue weighted by molar-refractivity contribution is -0.138. The van der Waals surface area contributed by atoms with Crippen molar-refractivity contribution < 1.29 is 14.6 Å². The topological polar surface area (TPSA) is 46.5 Å². The lowest BCUT2D eigenvalue weighted by Crippen LogP contribution is -2.14. The molecule has 0 aliphatic heterocycles. The van der Waals surface area contributed by atoms with E-state index in [9.17, 15) is 4.79 Å². The number of hydrogen-bond acceptors (Lipinski definition) is 2. The molecule has 0 amide bonds. The lowest BCUT2D eigenvalue weighted by atomic mass is 10.0. The van der Waals surface area contributed by atoms with E-state index in [0.29, 0.717) is 0 Å². The quantitative estimate of drug-likeness (QED) is 0.869. The summed E-state index contributed by atoms with van der Waals surface area (Å²) < 4.78 is 6.02. The van der Waals surface area contributed by atoms with Gasteiger partial charge in [0.25, 0.3) is 0 Å². The summed E-state index contributed by atoms with van der Waals surface area (Å²) in [5, 5.41) is 8.79. The third kappa shape index (κ3) is 3.25. The van der Waals surface area contributed by atoms with Crippen molar-refractivity contribution in [3.8, 4) is 5.75 Å². The zero-order chi connectivity index (χ0) is 13.0. The van der Waals surface area contributed by atoms with Gasteiger partial charge in [-0.2, -0.15) is 0 Å². The zero-order valence-corrected chi connectivity index (χ0v) is 10.8. The summed E-state index contributed by atoms with van der Waals surface area (Å²) in [6.07, 6.45) is 4.21. The van der Waals surface area contributed by atoms with Crippen molar-refractivity contribution in [2.24, 2.45) is 5.92 Å². The van der Waals surface area contributed by atoms with Gasteiger partial charge in [0, 0.05) is 6.42 Å². The van der Waals surface area contributed by atoms with Gasteiger partial charge in [-0.05, 0) is 43.2 Å². The highest BCUT2D eigenvalue weighted by Crippen LogP contribution is 2.32. The first-order valence-corrected chi connectivity index (χ1v) is 6.65. The van der Waals surface area contributed by atoms with Gasteiger partial charge in [-0.1, -0.05) is 25.1 Å². The van der Waals surface area contributed by atoms with E-state index in [1.807, 2.05) is 18.2 Å². The average molecular weight is 248 g/mol. The summed E-state index contributed by atoms with van der Waals surface area (Å²) in [5.74, 6) is 0.539. The molecule has 0 radical (unpaired) electrons. The fourth-order valence-electron chi connectivity index (χ4n) is 2.66. The van der Waals surface area contributed by atoms with Crippen molar-refractivity contribution in [2.45, 2.75) is 45.1 Å². The molecule has 18 heavy (non-hydrogen) atoms. The van der Waals surface area contributed by atoms with Crippen LogP contribution in [0.15, 0.2) is 24.3 Å². The van der Waals surface area contributed by atoms with E-state index in [-0.39, 0.29) is 18.4 Å². The van der Waals surface area contributed by atoms with Gasteiger partial charge in [0.05, 0.1) is 6.10 Å². The third-order valence-electron chi connectivity index (χ3n) is 3.60. The Bertz CT molecular complexity index is 414. The second kappa shape index (κ2) is 5.89. The number of benzene rings is 1. The van der Waals surface area contributed by atoms with Crippen LogP contribution < -0.4 is 4.74 Å². The fraction of sp³-hybridized carbons (Fsp3) is 0.533. The number of carboxylic acid groups (broad SMARTS) is 1. The van der Waals surface area contributed by atoms with Gasteiger partial charge in [-0.3, -0.25) is 4.79 Å². The summed E-state index contributed by atoms with van der Waals surface area (Å²) in [7, 11) is 0. The van der Waals surface area contributed by atoms with Crippen molar-refractivity contribution in [3.63, 3.8) is 0 Å². The molecule has 0 aromatic heterocycles. The maximum absolute atomic E-state index is 10.7. The van der Waals surface area contributed by atoms with Gasteiger partial charge in [0.1, 0.15) is 5.75 Å². The number of hydrogen-bond donors (Lipinski definition) is 1. The highest BCUT2D eigenvalue weighted by atomic mass is 16.5. The van der Waals surface area contributed by atoms with Crippen molar-refractivity contribution >= 4 is 5.97 Å². The van der Waals surface area contributed by atoms with E-state index in [1.54, 1.807) is 0 Å².